The maximum absolute atomic E-state index is 11.4. The maximum atomic E-state index is 11.4. The summed E-state index contributed by atoms with van der Waals surface area (Å²) in [5.41, 5.74) is 0.566. The number of nitrogens with zero attached hydrogens (tertiary/aromatic N) is 3. The number of hydrogen-bond donors (Lipinski definition) is 1. The molecule has 0 unspecified atom stereocenters. The van der Waals surface area contributed by atoms with E-state index in [-0.39, 0.29) is 12.6 Å². The summed E-state index contributed by atoms with van der Waals surface area (Å²) >= 11 is 1.50. The van der Waals surface area contributed by atoms with Crippen LogP contribution >= 0.6 is 11.3 Å². The van der Waals surface area contributed by atoms with Crippen molar-refractivity contribution in [2.45, 2.75) is 32.7 Å². The number of thiazole rings is 1. The molecule has 6 heteroatoms. The second-order valence-electron chi connectivity index (χ2n) is 4.38. The van der Waals surface area contributed by atoms with Crippen LogP contribution in [0.4, 0.5) is 5.82 Å². The molecular formula is C13H19N3O2S. The molecule has 0 aliphatic heterocycles. The first-order valence-electron chi connectivity index (χ1n) is 6.55. The zero-order chi connectivity index (χ0) is 13.8. The Morgan fingerprint density at radius 2 is 2.26 bits per heavy atom. The molecule has 0 fully saturated rings. The minimum absolute atomic E-state index is 0.0555. The van der Waals surface area contributed by atoms with E-state index in [2.05, 4.69) is 18.8 Å². The molecule has 19 heavy (non-hydrogen) atoms. The van der Waals surface area contributed by atoms with Crippen molar-refractivity contribution in [1.29, 1.82) is 0 Å². The lowest BCUT2D eigenvalue weighted by Gasteiger charge is -2.30. The minimum Gasteiger partial charge on any atom is -0.395 e. The fourth-order valence-electron chi connectivity index (χ4n) is 2.41. The Balaban J connectivity index is 2.48. The Hall–Kier alpha value is -1.40. The van der Waals surface area contributed by atoms with E-state index < -0.39 is 0 Å². The highest BCUT2D eigenvalue weighted by molar-refractivity contribution is 7.15. The standard InChI is InChI=1S/C13H19N3O2S/c1-3-10(4-2)15(5-7-17)12-11(9-18)16-6-8-19-13(16)14-12/h6,8-10,17H,3-5,7H2,1-2H3. The Morgan fingerprint density at radius 3 is 2.84 bits per heavy atom. The summed E-state index contributed by atoms with van der Waals surface area (Å²) in [7, 11) is 0. The molecule has 0 amide bonds. The van der Waals surface area contributed by atoms with Crippen molar-refractivity contribution < 1.29 is 9.90 Å². The van der Waals surface area contributed by atoms with Crippen LogP contribution in [0.2, 0.25) is 0 Å². The van der Waals surface area contributed by atoms with Crippen LogP contribution in [0.3, 0.4) is 0 Å². The fraction of sp³-hybridized carbons (Fsp3) is 0.538. The highest BCUT2D eigenvalue weighted by atomic mass is 32.1. The Bertz CT molecular complexity index is 545. The first kappa shape index (κ1) is 14.0. The second kappa shape index (κ2) is 6.16. The summed E-state index contributed by atoms with van der Waals surface area (Å²) in [6.07, 6.45) is 4.61. The number of carbonyl (C=O) groups is 1. The lowest BCUT2D eigenvalue weighted by Crippen LogP contribution is -2.37. The number of aliphatic hydroxyl groups is 1. The molecule has 2 rings (SSSR count). The largest absolute Gasteiger partial charge is 0.395 e. The first-order valence-corrected chi connectivity index (χ1v) is 7.42. The van der Waals surface area contributed by atoms with Crippen molar-refractivity contribution in [3.63, 3.8) is 0 Å². The smallest absolute Gasteiger partial charge is 0.196 e. The van der Waals surface area contributed by atoms with Crippen LogP contribution in [0.1, 0.15) is 37.2 Å². The molecule has 0 spiro atoms. The van der Waals surface area contributed by atoms with Crippen LogP contribution in [0.25, 0.3) is 4.96 Å². The molecule has 0 bridgehead atoms. The molecular weight excluding hydrogens is 262 g/mol. The average molecular weight is 281 g/mol. The molecule has 104 valence electrons. The van der Waals surface area contributed by atoms with E-state index in [9.17, 15) is 9.90 Å². The van der Waals surface area contributed by atoms with Crippen molar-refractivity contribution in [2.75, 3.05) is 18.1 Å². The van der Waals surface area contributed by atoms with Crippen LogP contribution in [-0.4, -0.2) is 40.0 Å². The molecule has 2 heterocycles. The third kappa shape index (κ3) is 2.50. The van der Waals surface area contributed by atoms with Gasteiger partial charge in [-0.3, -0.25) is 9.20 Å². The Morgan fingerprint density at radius 1 is 1.53 bits per heavy atom. The minimum atomic E-state index is 0.0555. The van der Waals surface area contributed by atoms with Crippen LogP contribution in [0, 0.1) is 0 Å². The monoisotopic (exact) mass is 281 g/mol. The molecule has 2 aromatic heterocycles. The molecule has 0 saturated carbocycles. The first-order chi connectivity index (χ1) is 9.26. The van der Waals surface area contributed by atoms with Crippen LogP contribution < -0.4 is 4.90 Å². The topological polar surface area (TPSA) is 57.8 Å². The van der Waals surface area contributed by atoms with Crippen LogP contribution in [0.5, 0.6) is 0 Å². The van der Waals surface area contributed by atoms with Gasteiger partial charge < -0.3 is 10.0 Å². The van der Waals surface area contributed by atoms with Gasteiger partial charge in [0.25, 0.3) is 0 Å². The lowest BCUT2D eigenvalue weighted by atomic mass is 10.1. The van der Waals surface area contributed by atoms with Crippen LogP contribution in [0.15, 0.2) is 11.6 Å². The van der Waals surface area contributed by atoms with Crippen molar-refractivity contribution in [3.05, 3.63) is 17.3 Å². The summed E-state index contributed by atoms with van der Waals surface area (Å²) in [4.78, 5) is 18.8. The summed E-state index contributed by atoms with van der Waals surface area (Å²) < 4.78 is 1.81. The predicted octanol–water partition coefficient (Wildman–Crippen LogP) is 2.20. The molecule has 0 aromatic carbocycles. The summed E-state index contributed by atoms with van der Waals surface area (Å²) in [6.45, 7) is 4.77. The van der Waals surface area contributed by atoms with Gasteiger partial charge in [-0.15, -0.1) is 11.3 Å². The normalized spacial score (nSPS) is 11.4. The van der Waals surface area contributed by atoms with Crippen molar-refractivity contribution in [3.8, 4) is 0 Å². The van der Waals surface area contributed by atoms with Crippen molar-refractivity contribution in [1.82, 2.24) is 9.38 Å². The second-order valence-corrected chi connectivity index (χ2v) is 5.25. The number of aliphatic hydroxyl groups excluding tert-OH is 1. The van der Waals surface area contributed by atoms with E-state index in [1.807, 2.05) is 16.5 Å². The van der Waals surface area contributed by atoms with Gasteiger partial charge in [-0.2, -0.15) is 0 Å². The zero-order valence-electron chi connectivity index (χ0n) is 11.2. The summed E-state index contributed by atoms with van der Waals surface area (Å²) in [6, 6.07) is 0.287. The average Bonchev–Trinajstić information content (AvgIpc) is 2.98. The number of fused-ring (bicyclic) bond motifs is 1. The van der Waals surface area contributed by atoms with Gasteiger partial charge in [-0.25, -0.2) is 4.98 Å². The Labute approximate surface area is 116 Å². The number of anilines is 1. The van der Waals surface area contributed by atoms with Gasteiger partial charge in [0.1, 0.15) is 5.69 Å². The summed E-state index contributed by atoms with van der Waals surface area (Å²) in [5.74, 6) is 0.685. The molecule has 1 N–H and O–H groups in total. The quantitative estimate of drug-likeness (QED) is 0.790. The fourth-order valence-corrected chi connectivity index (χ4v) is 3.13. The van der Waals surface area contributed by atoms with Crippen molar-refractivity contribution >= 4 is 28.4 Å². The maximum Gasteiger partial charge on any atom is 0.196 e. The summed E-state index contributed by atoms with van der Waals surface area (Å²) in [5, 5.41) is 11.2. The molecule has 5 nitrogen and oxygen atoms in total. The van der Waals surface area contributed by atoms with E-state index in [0.717, 1.165) is 24.1 Å². The van der Waals surface area contributed by atoms with Crippen LogP contribution in [-0.2, 0) is 0 Å². The number of rotatable bonds is 7. The zero-order valence-corrected chi connectivity index (χ0v) is 12.1. The van der Waals surface area contributed by atoms with Gasteiger partial charge in [-0.1, -0.05) is 13.8 Å². The number of aromatic nitrogens is 2. The van der Waals surface area contributed by atoms with E-state index in [4.69, 9.17) is 0 Å². The molecule has 2 aromatic rings. The molecule has 0 atom stereocenters. The number of hydrogen-bond acceptors (Lipinski definition) is 5. The van der Waals surface area contributed by atoms with E-state index >= 15 is 0 Å². The molecule has 0 radical (unpaired) electrons. The predicted molar refractivity (Wildman–Crippen MR) is 77.3 cm³/mol. The van der Waals surface area contributed by atoms with Gasteiger partial charge in [-0.05, 0) is 12.8 Å². The molecule has 0 aliphatic carbocycles. The molecule has 0 saturated heterocycles. The van der Waals surface area contributed by atoms with Gasteiger partial charge in [0, 0.05) is 24.2 Å². The SMILES string of the molecule is CCC(CC)N(CCO)c1nc2sccn2c1C=O. The number of imidazole rings is 1. The van der Waals surface area contributed by atoms with Gasteiger partial charge in [0.2, 0.25) is 0 Å². The van der Waals surface area contributed by atoms with Gasteiger partial charge >= 0.3 is 0 Å². The van der Waals surface area contributed by atoms with Gasteiger partial charge in [0.05, 0.1) is 6.61 Å². The lowest BCUT2D eigenvalue weighted by molar-refractivity contribution is 0.111. The number of aldehydes is 1. The third-order valence-corrected chi connectivity index (χ3v) is 4.14. The van der Waals surface area contributed by atoms with E-state index in [1.54, 1.807) is 4.40 Å². The number of carbonyl (C=O) groups excluding carboxylic acids is 1. The van der Waals surface area contributed by atoms with Crippen molar-refractivity contribution in [2.24, 2.45) is 0 Å². The van der Waals surface area contributed by atoms with E-state index in [0.29, 0.717) is 18.1 Å². The highest BCUT2D eigenvalue weighted by Gasteiger charge is 2.23. The van der Waals surface area contributed by atoms with E-state index in [1.165, 1.54) is 11.3 Å². The van der Waals surface area contributed by atoms with Gasteiger partial charge in [0.15, 0.2) is 17.1 Å². The highest BCUT2D eigenvalue weighted by Crippen LogP contribution is 2.26. The Kier molecular flexibility index (Phi) is 4.55. The third-order valence-electron chi connectivity index (χ3n) is 3.39. The molecule has 0 aliphatic rings.